The standard InChI is InChI=1S/C18H20N2O3/c1-18(17(22)20-23,12-14-8-4-2-5-9-14)16(21)19-13-15-10-6-3-7-11-15/h2-11,23H,12-13H2,1H3,(H,19,21)(H,20,22). The predicted molar refractivity (Wildman–Crippen MR) is 86.5 cm³/mol. The summed E-state index contributed by atoms with van der Waals surface area (Å²) in [5, 5.41) is 11.8. The molecule has 2 aromatic rings. The van der Waals surface area contributed by atoms with E-state index in [1.807, 2.05) is 60.7 Å². The van der Waals surface area contributed by atoms with Crippen molar-refractivity contribution in [2.45, 2.75) is 19.9 Å². The van der Waals surface area contributed by atoms with Crippen molar-refractivity contribution >= 4 is 11.8 Å². The summed E-state index contributed by atoms with van der Waals surface area (Å²) in [5.74, 6) is -1.16. The summed E-state index contributed by atoms with van der Waals surface area (Å²) in [6.45, 7) is 1.84. The van der Waals surface area contributed by atoms with Gasteiger partial charge in [0.25, 0.3) is 5.91 Å². The van der Waals surface area contributed by atoms with Crippen LogP contribution in [0.15, 0.2) is 60.7 Å². The van der Waals surface area contributed by atoms with Gasteiger partial charge < -0.3 is 5.32 Å². The van der Waals surface area contributed by atoms with E-state index in [-0.39, 0.29) is 6.42 Å². The molecule has 23 heavy (non-hydrogen) atoms. The molecule has 0 heterocycles. The summed E-state index contributed by atoms with van der Waals surface area (Å²) in [4.78, 5) is 24.6. The minimum Gasteiger partial charge on any atom is -0.351 e. The molecule has 1 atom stereocenters. The number of carbonyl (C=O) groups is 2. The zero-order valence-electron chi connectivity index (χ0n) is 13.0. The Morgan fingerprint density at radius 3 is 1.96 bits per heavy atom. The summed E-state index contributed by atoms with van der Waals surface area (Å²) in [7, 11) is 0. The third-order valence-electron chi connectivity index (χ3n) is 3.80. The molecule has 2 amide bonds. The summed E-state index contributed by atoms with van der Waals surface area (Å²) in [5.41, 5.74) is 1.99. The van der Waals surface area contributed by atoms with Crippen LogP contribution >= 0.6 is 0 Å². The van der Waals surface area contributed by atoms with Gasteiger partial charge in [-0.15, -0.1) is 0 Å². The number of nitrogens with one attached hydrogen (secondary N) is 2. The van der Waals surface area contributed by atoms with Gasteiger partial charge in [0.05, 0.1) is 0 Å². The number of rotatable bonds is 6. The van der Waals surface area contributed by atoms with Crippen LogP contribution in [0.5, 0.6) is 0 Å². The minimum atomic E-state index is -1.40. The van der Waals surface area contributed by atoms with Crippen molar-refractivity contribution in [2.24, 2.45) is 5.41 Å². The fourth-order valence-electron chi connectivity index (χ4n) is 2.36. The van der Waals surface area contributed by atoms with Gasteiger partial charge in [-0.25, -0.2) is 5.48 Å². The van der Waals surface area contributed by atoms with Gasteiger partial charge in [0.15, 0.2) is 0 Å². The highest BCUT2D eigenvalue weighted by Crippen LogP contribution is 2.23. The Labute approximate surface area is 135 Å². The molecule has 0 saturated heterocycles. The van der Waals surface area contributed by atoms with E-state index < -0.39 is 17.2 Å². The lowest BCUT2D eigenvalue weighted by atomic mass is 9.81. The van der Waals surface area contributed by atoms with Gasteiger partial charge in [0.1, 0.15) is 5.41 Å². The van der Waals surface area contributed by atoms with E-state index in [1.54, 1.807) is 5.48 Å². The van der Waals surface area contributed by atoms with Crippen LogP contribution < -0.4 is 10.8 Å². The lowest BCUT2D eigenvalue weighted by Gasteiger charge is -2.26. The van der Waals surface area contributed by atoms with E-state index in [4.69, 9.17) is 5.21 Å². The molecular formula is C18H20N2O3. The third-order valence-corrected chi connectivity index (χ3v) is 3.80. The maximum atomic E-state index is 12.6. The van der Waals surface area contributed by atoms with Gasteiger partial charge >= 0.3 is 0 Å². The second kappa shape index (κ2) is 7.56. The Kier molecular flexibility index (Phi) is 5.49. The normalized spacial score (nSPS) is 13.0. The van der Waals surface area contributed by atoms with Crippen LogP contribution in [0, 0.1) is 5.41 Å². The summed E-state index contributed by atoms with van der Waals surface area (Å²) < 4.78 is 0. The maximum absolute atomic E-state index is 12.6. The number of amides is 2. The molecule has 0 aliphatic carbocycles. The molecule has 0 aliphatic rings. The van der Waals surface area contributed by atoms with Gasteiger partial charge in [-0.3, -0.25) is 14.8 Å². The van der Waals surface area contributed by atoms with Gasteiger partial charge in [0, 0.05) is 6.54 Å². The molecule has 0 spiro atoms. The lowest BCUT2D eigenvalue weighted by molar-refractivity contribution is -0.148. The van der Waals surface area contributed by atoms with Crippen LogP contribution in [-0.2, 0) is 22.6 Å². The number of hydrogen-bond donors (Lipinski definition) is 3. The second-order valence-electron chi connectivity index (χ2n) is 5.60. The molecule has 3 N–H and O–H groups in total. The van der Waals surface area contributed by atoms with Gasteiger partial charge in [-0.1, -0.05) is 60.7 Å². The van der Waals surface area contributed by atoms with Crippen LogP contribution in [0.1, 0.15) is 18.1 Å². The van der Waals surface area contributed by atoms with E-state index in [0.29, 0.717) is 6.54 Å². The molecule has 5 heteroatoms. The van der Waals surface area contributed by atoms with Crippen molar-refractivity contribution in [3.8, 4) is 0 Å². The Balaban J connectivity index is 2.13. The number of hydrogen-bond acceptors (Lipinski definition) is 3. The molecule has 5 nitrogen and oxygen atoms in total. The van der Waals surface area contributed by atoms with E-state index in [1.165, 1.54) is 6.92 Å². The maximum Gasteiger partial charge on any atom is 0.259 e. The van der Waals surface area contributed by atoms with Crippen molar-refractivity contribution in [1.29, 1.82) is 0 Å². The number of carbonyl (C=O) groups excluding carboxylic acids is 2. The third kappa shape index (κ3) is 4.17. The monoisotopic (exact) mass is 312 g/mol. The Bertz CT molecular complexity index is 658. The summed E-state index contributed by atoms with van der Waals surface area (Å²) in [6.07, 6.45) is 0.195. The molecule has 0 aromatic heterocycles. The largest absolute Gasteiger partial charge is 0.351 e. The van der Waals surface area contributed by atoms with Crippen molar-refractivity contribution in [1.82, 2.24) is 10.8 Å². The highest BCUT2D eigenvalue weighted by molar-refractivity contribution is 6.04. The first-order valence-electron chi connectivity index (χ1n) is 7.37. The highest BCUT2D eigenvalue weighted by Gasteiger charge is 2.41. The predicted octanol–water partition coefficient (Wildman–Crippen LogP) is 2.06. The van der Waals surface area contributed by atoms with E-state index in [2.05, 4.69) is 5.32 Å². The molecule has 0 bridgehead atoms. The van der Waals surface area contributed by atoms with Gasteiger partial charge in [-0.05, 0) is 24.5 Å². The van der Waals surface area contributed by atoms with Gasteiger partial charge in [-0.2, -0.15) is 0 Å². The van der Waals surface area contributed by atoms with Crippen LogP contribution in [0.25, 0.3) is 0 Å². The fourth-order valence-corrected chi connectivity index (χ4v) is 2.36. The first-order chi connectivity index (χ1) is 11.1. The molecule has 2 rings (SSSR count). The topological polar surface area (TPSA) is 78.4 Å². The fraction of sp³-hybridized carbons (Fsp3) is 0.222. The molecule has 2 aromatic carbocycles. The average Bonchev–Trinajstić information content (AvgIpc) is 2.60. The van der Waals surface area contributed by atoms with Crippen LogP contribution in [0.3, 0.4) is 0 Å². The zero-order chi connectivity index (χ0) is 16.7. The first kappa shape index (κ1) is 16.7. The van der Waals surface area contributed by atoms with E-state index >= 15 is 0 Å². The Morgan fingerprint density at radius 2 is 1.43 bits per heavy atom. The second-order valence-corrected chi connectivity index (χ2v) is 5.60. The molecule has 120 valence electrons. The van der Waals surface area contributed by atoms with E-state index in [0.717, 1.165) is 11.1 Å². The van der Waals surface area contributed by atoms with Crippen molar-refractivity contribution in [3.63, 3.8) is 0 Å². The molecule has 0 aliphatic heterocycles. The van der Waals surface area contributed by atoms with Crippen LogP contribution in [-0.4, -0.2) is 17.0 Å². The molecule has 0 fully saturated rings. The average molecular weight is 312 g/mol. The molecular weight excluding hydrogens is 292 g/mol. The Morgan fingerprint density at radius 1 is 0.913 bits per heavy atom. The van der Waals surface area contributed by atoms with E-state index in [9.17, 15) is 9.59 Å². The smallest absolute Gasteiger partial charge is 0.259 e. The molecule has 0 radical (unpaired) electrons. The SMILES string of the molecule is CC(Cc1ccccc1)(C(=O)NO)C(=O)NCc1ccccc1. The Hall–Kier alpha value is -2.66. The van der Waals surface area contributed by atoms with Gasteiger partial charge in [0.2, 0.25) is 5.91 Å². The number of hydroxylamine groups is 1. The van der Waals surface area contributed by atoms with Crippen LogP contribution in [0.2, 0.25) is 0 Å². The quantitative estimate of drug-likeness (QED) is 0.434. The zero-order valence-corrected chi connectivity index (χ0v) is 13.0. The number of benzene rings is 2. The summed E-state index contributed by atoms with van der Waals surface area (Å²) >= 11 is 0. The first-order valence-corrected chi connectivity index (χ1v) is 7.37. The molecule has 0 saturated carbocycles. The van der Waals surface area contributed by atoms with Crippen LogP contribution in [0.4, 0.5) is 0 Å². The lowest BCUT2D eigenvalue weighted by Crippen LogP contribution is -2.50. The van der Waals surface area contributed by atoms with Crippen molar-refractivity contribution in [3.05, 3.63) is 71.8 Å². The summed E-state index contributed by atoms with van der Waals surface area (Å²) in [6, 6.07) is 18.7. The van der Waals surface area contributed by atoms with Crippen molar-refractivity contribution < 1.29 is 14.8 Å². The molecule has 1 unspecified atom stereocenters. The van der Waals surface area contributed by atoms with Crippen molar-refractivity contribution in [2.75, 3.05) is 0 Å². The highest BCUT2D eigenvalue weighted by atomic mass is 16.5. The minimum absolute atomic E-state index is 0.195.